The molecule has 1 saturated heterocycles. The Morgan fingerprint density at radius 2 is 2.06 bits per heavy atom. The van der Waals surface area contributed by atoms with Crippen LogP contribution < -0.4 is 5.73 Å². The molecule has 0 spiro atoms. The predicted octanol–water partition coefficient (Wildman–Crippen LogP) is -1.48. The summed E-state index contributed by atoms with van der Waals surface area (Å²) in [5, 5.41) is 0. The molecule has 100 valence electrons. The zero-order valence-corrected chi connectivity index (χ0v) is 11.2. The zero-order chi connectivity index (χ0) is 13.1. The Morgan fingerprint density at radius 1 is 1.41 bits per heavy atom. The minimum absolute atomic E-state index is 0.000750. The maximum Gasteiger partial charge on any atom is 0.223 e. The molecule has 1 heterocycles. The van der Waals surface area contributed by atoms with Gasteiger partial charge in [0.2, 0.25) is 5.91 Å². The van der Waals surface area contributed by atoms with Crippen LogP contribution in [0.3, 0.4) is 0 Å². The van der Waals surface area contributed by atoms with Crippen LogP contribution in [0.15, 0.2) is 0 Å². The number of nitrogens with two attached hydrogens (primary N) is 1. The molecular weight excluding hydrogens is 242 g/mol. The highest BCUT2D eigenvalue weighted by Crippen LogP contribution is 2.09. The smallest absolute Gasteiger partial charge is 0.223 e. The third kappa shape index (κ3) is 4.61. The molecular formula is C10H21N3O3S. The van der Waals surface area contributed by atoms with E-state index in [-0.39, 0.29) is 24.1 Å². The van der Waals surface area contributed by atoms with Crippen LogP contribution in [0.5, 0.6) is 0 Å². The van der Waals surface area contributed by atoms with E-state index in [1.807, 2.05) is 7.05 Å². The summed E-state index contributed by atoms with van der Waals surface area (Å²) >= 11 is 0. The molecule has 0 aromatic rings. The number of amides is 1. The highest BCUT2D eigenvalue weighted by atomic mass is 32.2. The topological polar surface area (TPSA) is 83.7 Å². The van der Waals surface area contributed by atoms with Gasteiger partial charge in [0.25, 0.3) is 0 Å². The molecule has 1 unspecified atom stereocenters. The van der Waals surface area contributed by atoms with Crippen molar-refractivity contribution in [3.63, 3.8) is 0 Å². The van der Waals surface area contributed by atoms with Crippen molar-refractivity contribution in [3.05, 3.63) is 0 Å². The minimum atomic E-state index is -3.08. The Hall–Kier alpha value is -0.660. The van der Waals surface area contributed by atoms with Crippen LogP contribution in [0.4, 0.5) is 0 Å². The Kier molecular flexibility index (Phi) is 4.91. The summed E-state index contributed by atoms with van der Waals surface area (Å²) in [6.45, 7) is 2.60. The first kappa shape index (κ1) is 14.4. The number of sulfone groups is 1. The zero-order valence-electron chi connectivity index (χ0n) is 10.4. The molecule has 1 rings (SSSR count). The minimum Gasteiger partial charge on any atom is -0.336 e. The van der Waals surface area contributed by atoms with E-state index < -0.39 is 9.84 Å². The van der Waals surface area contributed by atoms with Crippen LogP contribution in [0.2, 0.25) is 0 Å². The second-order valence-corrected chi connectivity index (χ2v) is 6.88. The van der Waals surface area contributed by atoms with Crippen molar-refractivity contribution < 1.29 is 13.2 Å². The molecule has 0 aromatic heterocycles. The predicted molar refractivity (Wildman–Crippen MR) is 66.4 cm³/mol. The van der Waals surface area contributed by atoms with Crippen molar-refractivity contribution in [1.82, 2.24) is 9.80 Å². The first-order valence-electron chi connectivity index (χ1n) is 5.69. The first-order valence-corrected chi connectivity index (χ1v) is 7.75. The van der Waals surface area contributed by atoms with Crippen molar-refractivity contribution in [2.24, 2.45) is 5.73 Å². The fraction of sp³-hybridized carbons (Fsp3) is 0.900. The van der Waals surface area contributed by atoms with E-state index in [9.17, 15) is 13.2 Å². The quantitative estimate of drug-likeness (QED) is 0.669. The first-order chi connectivity index (χ1) is 7.83. The molecule has 1 fully saturated rings. The lowest BCUT2D eigenvalue weighted by atomic mass is 10.1. The summed E-state index contributed by atoms with van der Waals surface area (Å²) < 4.78 is 22.0. The monoisotopic (exact) mass is 263 g/mol. The van der Waals surface area contributed by atoms with E-state index >= 15 is 0 Å². The molecule has 2 N–H and O–H groups in total. The average Bonchev–Trinajstić information content (AvgIpc) is 2.24. The highest BCUT2D eigenvalue weighted by Gasteiger charge is 2.27. The summed E-state index contributed by atoms with van der Waals surface area (Å²) in [4.78, 5) is 15.7. The van der Waals surface area contributed by atoms with Gasteiger partial charge in [0.1, 0.15) is 9.84 Å². The average molecular weight is 263 g/mol. The van der Waals surface area contributed by atoms with E-state index in [1.54, 1.807) is 4.90 Å². The number of hydrogen-bond donors (Lipinski definition) is 1. The molecule has 1 amide bonds. The van der Waals surface area contributed by atoms with Crippen LogP contribution in [0.25, 0.3) is 0 Å². The van der Waals surface area contributed by atoms with Gasteiger partial charge in [-0.2, -0.15) is 0 Å². The summed E-state index contributed by atoms with van der Waals surface area (Å²) in [7, 11) is -1.09. The van der Waals surface area contributed by atoms with Crippen LogP contribution in [-0.2, 0) is 14.6 Å². The van der Waals surface area contributed by atoms with Gasteiger partial charge in [-0.1, -0.05) is 0 Å². The summed E-state index contributed by atoms with van der Waals surface area (Å²) in [5.74, 6) is -0.200. The van der Waals surface area contributed by atoms with E-state index in [4.69, 9.17) is 5.73 Å². The summed E-state index contributed by atoms with van der Waals surface area (Å²) in [6.07, 6.45) is 1.20. The second kappa shape index (κ2) is 5.79. The maximum atomic E-state index is 11.9. The number of hydrogen-bond acceptors (Lipinski definition) is 5. The van der Waals surface area contributed by atoms with Crippen molar-refractivity contribution >= 4 is 15.7 Å². The molecule has 1 aliphatic rings. The number of carbonyl (C=O) groups is 1. The van der Waals surface area contributed by atoms with Gasteiger partial charge in [-0.25, -0.2) is 8.42 Å². The number of nitrogens with zero attached hydrogens (tertiary/aromatic N) is 2. The number of likely N-dealkylation sites (N-methyl/N-ethyl adjacent to an activating group) is 1. The molecule has 17 heavy (non-hydrogen) atoms. The van der Waals surface area contributed by atoms with Gasteiger partial charge in [-0.3, -0.25) is 4.79 Å². The standard InChI is InChI=1S/C10H21N3O3S/c1-12-4-5-13(9(7-11)8-12)10(14)3-6-17(2,15)16/h9H,3-8,11H2,1-2H3. The van der Waals surface area contributed by atoms with Gasteiger partial charge in [0, 0.05) is 38.9 Å². The largest absolute Gasteiger partial charge is 0.336 e. The van der Waals surface area contributed by atoms with Gasteiger partial charge in [0.15, 0.2) is 0 Å². The number of piperazine rings is 1. The van der Waals surface area contributed by atoms with Crippen molar-refractivity contribution in [1.29, 1.82) is 0 Å². The third-order valence-corrected chi connectivity index (χ3v) is 3.91. The van der Waals surface area contributed by atoms with Crippen LogP contribution in [0.1, 0.15) is 6.42 Å². The third-order valence-electron chi connectivity index (χ3n) is 2.96. The van der Waals surface area contributed by atoms with Crippen molar-refractivity contribution in [3.8, 4) is 0 Å². The lowest BCUT2D eigenvalue weighted by molar-refractivity contribution is -0.135. The van der Waals surface area contributed by atoms with Crippen LogP contribution in [0, 0.1) is 0 Å². The highest BCUT2D eigenvalue weighted by molar-refractivity contribution is 7.90. The van der Waals surface area contributed by atoms with Crippen LogP contribution >= 0.6 is 0 Å². The molecule has 0 aromatic carbocycles. The fourth-order valence-electron chi connectivity index (χ4n) is 1.96. The Labute approximate surface area is 103 Å². The van der Waals surface area contributed by atoms with E-state index in [1.165, 1.54) is 0 Å². The fourth-order valence-corrected chi connectivity index (χ4v) is 2.50. The Balaban J connectivity index is 2.55. The second-order valence-electron chi connectivity index (χ2n) is 4.62. The van der Waals surface area contributed by atoms with Crippen LogP contribution in [-0.4, -0.2) is 75.4 Å². The Bertz CT molecular complexity index is 369. The molecule has 0 radical (unpaired) electrons. The maximum absolute atomic E-state index is 11.9. The lowest BCUT2D eigenvalue weighted by Crippen LogP contribution is -2.56. The van der Waals surface area contributed by atoms with Crippen molar-refractivity contribution in [2.75, 3.05) is 45.2 Å². The molecule has 6 nitrogen and oxygen atoms in total. The van der Waals surface area contributed by atoms with E-state index in [0.717, 1.165) is 19.3 Å². The van der Waals surface area contributed by atoms with Crippen molar-refractivity contribution in [2.45, 2.75) is 12.5 Å². The van der Waals surface area contributed by atoms with E-state index in [2.05, 4.69) is 4.90 Å². The lowest BCUT2D eigenvalue weighted by Gasteiger charge is -2.39. The van der Waals surface area contributed by atoms with Gasteiger partial charge >= 0.3 is 0 Å². The van der Waals surface area contributed by atoms with Gasteiger partial charge in [0.05, 0.1) is 11.8 Å². The molecule has 0 saturated carbocycles. The molecule has 0 aliphatic carbocycles. The van der Waals surface area contributed by atoms with E-state index in [0.29, 0.717) is 13.1 Å². The number of rotatable bonds is 4. The molecule has 1 atom stereocenters. The SMILES string of the molecule is CN1CCN(C(=O)CCS(C)(=O)=O)C(CN)C1. The Morgan fingerprint density at radius 3 is 2.59 bits per heavy atom. The normalized spacial score (nSPS) is 22.8. The summed E-state index contributed by atoms with van der Waals surface area (Å²) in [5.41, 5.74) is 5.64. The summed E-state index contributed by atoms with van der Waals surface area (Å²) in [6, 6.07) is 0.000750. The molecule has 1 aliphatic heterocycles. The van der Waals surface area contributed by atoms with Gasteiger partial charge in [-0.15, -0.1) is 0 Å². The van der Waals surface area contributed by atoms with Gasteiger partial charge in [-0.05, 0) is 7.05 Å². The number of carbonyl (C=O) groups excluding carboxylic acids is 1. The molecule has 7 heteroatoms. The molecule has 0 bridgehead atoms. The van der Waals surface area contributed by atoms with Gasteiger partial charge < -0.3 is 15.5 Å².